The molecule has 0 amide bonds. The summed E-state index contributed by atoms with van der Waals surface area (Å²) in [5.74, 6) is -2.32. The summed E-state index contributed by atoms with van der Waals surface area (Å²) < 4.78 is 9.80. The molecule has 0 unspecified atom stereocenters. The number of pyridine rings is 1. The van der Waals surface area contributed by atoms with Gasteiger partial charge in [-0.1, -0.05) is 5.16 Å². The number of carbonyl (C=O) groups excluding carboxylic acids is 2. The van der Waals surface area contributed by atoms with Crippen molar-refractivity contribution in [1.29, 1.82) is 0 Å². The van der Waals surface area contributed by atoms with Crippen molar-refractivity contribution in [2.24, 2.45) is 11.1 Å². The number of ether oxygens (including phenoxy) is 2. The molecule has 1 aromatic heterocycles. The Morgan fingerprint density at radius 1 is 1.30 bits per heavy atom. The van der Waals surface area contributed by atoms with Crippen LogP contribution in [0.15, 0.2) is 28.1 Å². The predicted octanol–water partition coefficient (Wildman–Crippen LogP) is 0.909. The minimum absolute atomic E-state index is 0.271. The Bertz CT molecular complexity index is 575. The largest absolute Gasteiger partial charge is 0.468 e. The lowest BCUT2D eigenvalue weighted by atomic mass is 9.93. The third-order valence-electron chi connectivity index (χ3n) is 2.79. The van der Waals surface area contributed by atoms with Gasteiger partial charge in [-0.3, -0.25) is 4.79 Å². The molecule has 8 heteroatoms. The SMILES string of the molecule is COC(=O)[C@@H]1C(c2cccnc2Br)=NO[C@H]1C(=O)OC. The highest BCUT2D eigenvalue weighted by molar-refractivity contribution is 9.10. The second-order valence-electron chi connectivity index (χ2n) is 3.87. The van der Waals surface area contributed by atoms with Crippen LogP contribution in [0.5, 0.6) is 0 Å². The molecular weight excluding hydrogens is 332 g/mol. The number of rotatable bonds is 3. The van der Waals surface area contributed by atoms with E-state index in [0.717, 1.165) is 0 Å². The molecule has 0 aliphatic carbocycles. The highest BCUT2D eigenvalue weighted by Crippen LogP contribution is 2.28. The molecule has 0 saturated heterocycles. The van der Waals surface area contributed by atoms with E-state index in [0.29, 0.717) is 10.2 Å². The van der Waals surface area contributed by atoms with Gasteiger partial charge in [0.15, 0.2) is 5.92 Å². The number of esters is 2. The zero-order valence-corrected chi connectivity index (χ0v) is 12.3. The zero-order chi connectivity index (χ0) is 14.7. The maximum absolute atomic E-state index is 11.9. The first-order valence-electron chi connectivity index (χ1n) is 5.60. The summed E-state index contributed by atoms with van der Waals surface area (Å²) in [6.45, 7) is 0. The Morgan fingerprint density at radius 3 is 2.60 bits per heavy atom. The van der Waals surface area contributed by atoms with Crippen LogP contribution in [0.1, 0.15) is 5.56 Å². The van der Waals surface area contributed by atoms with Gasteiger partial charge in [0.1, 0.15) is 10.3 Å². The summed E-state index contributed by atoms with van der Waals surface area (Å²) in [5, 5.41) is 3.81. The van der Waals surface area contributed by atoms with Gasteiger partial charge < -0.3 is 14.3 Å². The maximum Gasteiger partial charge on any atom is 0.351 e. The van der Waals surface area contributed by atoms with Crippen LogP contribution in [0.4, 0.5) is 0 Å². The van der Waals surface area contributed by atoms with Crippen LogP contribution in [-0.2, 0) is 23.9 Å². The Balaban J connectivity index is 2.40. The summed E-state index contributed by atoms with van der Waals surface area (Å²) in [4.78, 5) is 32.6. The van der Waals surface area contributed by atoms with Crippen LogP contribution in [0.3, 0.4) is 0 Å². The van der Waals surface area contributed by atoms with Gasteiger partial charge >= 0.3 is 11.9 Å². The molecule has 106 valence electrons. The van der Waals surface area contributed by atoms with Gasteiger partial charge in [-0.2, -0.15) is 0 Å². The molecule has 7 nitrogen and oxygen atoms in total. The first-order valence-corrected chi connectivity index (χ1v) is 6.39. The quantitative estimate of drug-likeness (QED) is 0.599. The van der Waals surface area contributed by atoms with Gasteiger partial charge in [0.2, 0.25) is 6.10 Å². The molecular formula is C12H11BrN2O5. The van der Waals surface area contributed by atoms with Gasteiger partial charge in [-0.25, -0.2) is 9.78 Å². The smallest absolute Gasteiger partial charge is 0.351 e. The highest BCUT2D eigenvalue weighted by Gasteiger charge is 2.47. The van der Waals surface area contributed by atoms with Gasteiger partial charge in [0, 0.05) is 11.8 Å². The molecule has 0 N–H and O–H groups in total. The number of hydrogen-bond donors (Lipinski definition) is 0. The summed E-state index contributed by atoms with van der Waals surface area (Å²) in [7, 11) is 2.43. The molecule has 0 radical (unpaired) electrons. The van der Waals surface area contributed by atoms with Crippen molar-refractivity contribution in [3.05, 3.63) is 28.5 Å². The van der Waals surface area contributed by atoms with E-state index in [2.05, 4.69) is 30.8 Å². The summed E-state index contributed by atoms with van der Waals surface area (Å²) in [6, 6.07) is 3.39. The lowest BCUT2D eigenvalue weighted by molar-refractivity contribution is -0.161. The summed E-state index contributed by atoms with van der Waals surface area (Å²) in [6.07, 6.45) is 0.420. The fraction of sp³-hybridized carbons (Fsp3) is 0.333. The van der Waals surface area contributed by atoms with Crippen molar-refractivity contribution in [3.63, 3.8) is 0 Å². The minimum Gasteiger partial charge on any atom is -0.468 e. The number of halogens is 1. The lowest BCUT2D eigenvalue weighted by Gasteiger charge is -2.15. The number of nitrogens with zero attached hydrogens (tertiary/aromatic N) is 2. The number of aromatic nitrogens is 1. The van der Waals surface area contributed by atoms with Crippen molar-refractivity contribution in [3.8, 4) is 0 Å². The van der Waals surface area contributed by atoms with Crippen molar-refractivity contribution in [2.45, 2.75) is 6.10 Å². The fourth-order valence-corrected chi connectivity index (χ4v) is 2.28. The average molecular weight is 343 g/mol. The van der Waals surface area contributed by atoms with Gasteiger partial charge in [-0.15, -0.1) is 0 Å². The van der Waals surface area contributed by atoms with E-state index >= 15 is 0 Å². The number of carbonyl (C=O) groups is 2. The Hall–Kier alpha value is -1.96. The number of methoxy groups -OCH3 is 2. The molecule has 0 fully saturated rings. The Morgan fingerprint density at radius 2 is 2.00 bits per heavy atom. The molecule has 1 aromatic rings. The Kier molecular flexibility index (Phi) is 4.33. The molecule has 2 heterocycles. The normalized spacial score (nSPS) is 20.9. The molecule has 0 bridgehead atoms. The third-order valence-corrected chi connectivity index (χ3v) is 3.42. The molecule has 0 aromatic carbocycles. The second-order valence-corrected chi connectivity index (χ2v) is 4.62. The lowest BCUT2D eigenvalue weighted by Crippen LogP contribution is -2.38. The van der Waals surface area contributed by atoms with Crippen molar-refractivity contribution in [1.82, 2.24) is 4.98 Å². The third kappa shape index (κ3) is 2.51. The van der Waals surface area contributed by atoms with Crippen molar-refractivity contribution >= 4 is 33.6 Å². The average Bonchev–Trinajstić information content (AvgIpc) is 2.90. The van der Waals surface area contributed by atoms with Crippen LogP contribution >= 0.6 is 15.9 Å². The van der Waals surface area contributed by atoms with Crippen LogP contribution in [0.25, 0.3) is 0 Å². The van der Waals surface area contributed by atoms with Crippen molar-refractivity contribution < 1.29 is 23.9 Å². The van der Waals surface area contributed by atoms with E-state index in [1.165, 1.54) is 14.2 Å². The van der Waals surface area contributed by atoms with E-state index < -0.39 is 24.0 Å². The van der Waals surface area contributed by atoms with E-state index in [-0.39, 0.29) is 5.71 Å². The van der Waals surface area contributed by atoms with Crippen LogP contribution in [0.2, 0.25) is 0 Å². The molecule has 1 aliphatic heterocycles. The second kappa shape index (κ2) is 6.00. The van der Waals surface area contributed by atoms with E-state index in [9.17, 15) is 9.59 Å². The molecule has 2 rings (SSSR count). The van der Waals surface area contributed by atoms with Crippen LogP contribution < -0.4 is 0 Å². The first kappa shape index (κ1) is 14.4. The minimum atomic E-state index is -1.16. The fourth-order valence-electron chi connectivity index (χ4n) is 1.83. The molecule has 2 atom stereocenters. The predicted molar refractivity (Wildman–Crippen MR) is 70.9 cm³/mol. The number of oxime groups is 1. The summed E-state index contributed by atoms with van der Waals surface area (Å²) in [5.41, 5.74) is 0.821. The molecule has 1 aliphatic rings. The molecule has 0 spiro atoms. The topological polar surface area (TPSA) is 87.1 Å². The first-order chi connectivity index (χ1) is 9.60. The van der Waals surface area contributed by atoms with E-state index in [1.807, 2.05) is 0 Å². The summed E-state index contributed by atoms with van der Waals surface area (Å²) >= 11 is 3.26. The van der Waals surface area contributed by atoms with Crippen LogP contribution in [-0.4, -0.2) is 43.0 Å². The van der Waals surface area contributed by atoms with E-state index in [4.69, 9.17) is 9.57 Å². The molecule has 20 heavy (non-hydrogen) atoms. The Labute approximate surface area is 123 Å². The standard InChI is InChI=1S/C12H11BrN2O5/c1-18-11(16)7-8(6-4-3-5-14-10(6)13)15-20-9(7)12(17)19-2/h3-5,7,9H,1-2H3/t7-,9-/m1/s1. The highest BCUT2D eigenvalue weighted by atomic mass is 79.9. The maximum atomic E-state index is 11.9. The van der Waals surface area contributed by atoms with Gasteiger partial charge in [0.05, 0.1) is 14.2 Å². The van der Waals surface area contributed by atoms with Gasteiger partial charge in [-0.05, 0) is 28.1 Å². The zero-order valence-electron chi connectivity index (χ0n) is 10.7. The van der Waals surface area contributed by atoms with Crippen LogP contribution in [0, 0.1) is 5.92 Å². The van der Waals surface area contributed by atoms with Crippen molar-refractivity contribution in [2.75, 3.05) is 14.2 Å². The van der Waals surface area contributed by atoms with E-state index in [1.54, 1.807) is 18.3 Å². The monoisotopic (exact) mass is 342 g/mol. The van der Waals surface area contributed by atoms with Gasteiger partial charge in [0.25, 0.3) is 0 Å². The molecule has 0 saturated carbocycles. The number of hydrogen-bond acceptors (Lipinski definition) is 7.